The van der Waals surface area contributed by atoms with E-state index in [4.69, 9.17) is 0 Å². The first-order valence-electron chi connectivity index (χ1n) is 11.2. The van der Waals surface area contributed by atoms with Crippen molar-refractivity contribution in [2.75, 3.05) is 13.1 Å². The van der Waals surface area contributed by atoms with E-state index < -0.39 is 0 Å². The number of aromatic amines is 1. The van der Waals surface area contributed by atoms with Gasteiger partial charge in [0.05, 0.1) is 21.4 Å². The lowest BCUT2D eigenvalue weighted by Crippen LogP contribution is -2.43. The van der Waals surface area contributed by atoms with E-state index in [9.17, 15) is 4.79 Å². The molecule has 6 rings (SSSR count). The maximum Gasteiger partial charge on any atom is 0.223 e. The molecule has 2 aliphatic rings. The highest BCUT2D eigenvalue weighted by Gasteiger charge is 2.34. The van der Waals surface area contributed by atoms with Crippen LogP contribution in [-0.2, 0) is 17.6 Å². The molecule has 162 valence electrons. The Kier molecular flexibility index (Phi) is 5.00. The zero-order valence-electron chi connectivity index (χ0n) is 17.7. The number of hydrogen-bond donors (Lipinski definition) is 3. The average molecular weight is 444 g/mol. The third kappa shape index (κ3) is 3.51. The molecule has 1 amide bonds. The van der Waals surface area contributed by atoms with Gasteiger partial charge in [-0.2, -0.15) is 5.10 Å². The fourth-order valence-electron chi connectivity index (χ4n) is 5.14. The van der Waals surface area contributed by atoms with Crippen molar-refractivity contribution in [3.8, 4) is 11.3 Å². The lowest BCUT2D eigenvalue weighted by atomic mass is 9.84. The second-order valence-corrected chi connectivity index (χ2v) is 9.68. The Balaban J connectivity index is 1.20. The number of carbonyl (C=O) groups excluding carboxylic acids is 1. The summed E-state index contributed by atoms with van der Waals surface area (Å²) < 4.78 is 1.16. The molecule has 0 saturated carbocycles. The molecule has 4 aromatic rings. The molecule has 3 N–H and O–H groups in total. The van der Waals surface area contributed by atoms with Gasteiger partial charge < -0.3 is 10.6 Å². The normalized spacial score (nSPS) is 22.7. The van der Waals surface area contributed by atoms with Crippen LogP contribution in [0.1, 0.15) is 29.2 Å². The van der Waals surface area contributed by atoms with Crippen LogP contribution in [0.15, 0.2) is 54.0 Å². The largest absolute Gasteiger partial charge is 0.351 e. The third-order valence-corrected chi connectivity index (χ3v) is 7.68. The predicted molar refractivity (Wildman–Crippen MR) is 127 cm³/mol. The number of rotatable bonds is 4. The lowest BCUT2D eigenvalue weighted by Gasteiger charge is -2.26. The number of H-pyrrole nitrogens is 1. The number of benzene rings is 2. The highest BCUT2D eigenvalue weighted by molar-refractivity contribution is 7.16. The average Bonchev–Trinajstić information content (AvgIpc) is 3.58. The Bertz CT molecular complexity index is 1260. The second kappa shape index (κ2) is 8.15. The first-order valence-corrected chi connectivity index (χ1v) is 12.1. The van der Waals surface area contributed by atoms with Crippen LogP contribution in [0.5, 0.6) is 0 Å². The van der Waals surface area contributed by atoms with Crippen molar-refractivity contribution >= 4 is 27.5 Å². The summed E-state index contributed by atoms with van der Waals surface area (Å²) in [5, 5.41) is 14.7. The van der Waals surface area contributed by atoms with E-state index in [0.717, 1.165) is 59.5 Å². The molecular formula is C25H25N5OS. The van der Waals surface area contributed by atoms with Gasteiger partial charge in [-0.1, -0.05) is 36.4 Å². The van der Waals surface area contributed by atoms with Crippen molar-refractivity contribution in [3.63, 3.8) is 0 Å². The molecule has 1 aliphatic heterocycles. The molecule has 7 heteroatoms. The van der Waals surface area contributed by atoms with Crippen molar-refractivity contribution in [1.29, 1.82) is 0 Å². The Labute approximate surface area is 190 Å². The second-order valence-electron chi connectivity index (χ2n) is 8.79. The zero-order chi connectivity index (χ0) is 21.5. The van der Waals surface area contributed by atoms with Crippen LogP contribution in [0, 0.1) is 5.92 Å². The summed E-state index contributed by atoms with van der Waals surface area (Å²) in [5.74, 6) is 0.452. The van der Waals surface area contributed by atoms with Gasteiger partial charge in [0, 0.05) is 47.8 Å². The molecule has 0 unspecified atom stereocenters. The number of amides is 1. The van der Waals surface area contributed by atoms with Crippen molar-refractivity contribution in [1.82, 2.24) is 25.8 Å². The van der Waals surface area contributed by atoms with Crippen molar-refractivity contribution in [2.24, 2.45) is 5.92 Å². The van der Waals surface area contributed by atoms with E-state index in [1.165, 1.54) is 11.1 Å². The van der Waals surface area contributed by atoms with Gasteiger partial charge in [0.15, 0.2) is 0 Å². The standard InChI is InChI=1S/C25H25N5OS/c31-25(28-22-13-26-12-19(22)15-4-2-1-3-5-15)17-7-8-20-18(10-17)24(30-29-20)16-6-9-21-23(11-16)32-14-27-21/h1-6,9,11,14,17,19,22,26H,7-8,10,12-13H2,(H,28,31)(H,29,30)/t17-,19+,22-/m0/s1. The summed E-state index contributed by atoms with van der Waals surface area (Å²) in [4.78, 5) is 17.6. The summed E-state index contributed by atoms with van der Waals surface area (Å²) in [6.07, 6.45) is 2.43. The molecule has 0 spiro atoms. The Morgan fingerprint density at radius 3 is 2.94 bits per heavy atom. The maximum absolute atomic E-state index is 13.3. The number of nitrogens with one attached hydrogen (secondary N) is 3. The minimum atomic E-state index is -0.0250. The lowest BCUT2D eigenvalue weighted by molar-refractivity contribution is -0.126. The molecule has 1 fully saturated rings. The third-order valence-electron chi connectivity index (χ3n) is 6.89. The Morgan fingerprint density at radius 2 is 2.03 bits per heavy atom. The van der Waals surface area contributed by atoms with E-state index >= 15 is 0 Å². The molecule has 2 aromatic heterocycles. The van der Waals surface area contributed by atoms with Gasteiger partial charge in [-0.05, 0) is 37.0 Å². The van der Waals surface area contributed by atoms with Crippen LogP contribution >= 0.6 is 11.3 Å². The fourth-order valence-corrected chi connectivity index (χ4v) is 5.86. The van der Waals surface area contributed by atoms with Gasteiger partial charge in [0.25, 0.3) is 0 Å². The maximum atomic E-state index is 13.3. The highest BCUT2D eigenvalue weighted by Crippen LogP contribution is 2.34. The van der Waals surface area contributed by atoms with Gasteiger partial charge in [0.2, 0.25) is 5.91 Å². The van der Waals surface area contributed by atoms with Crippen LogP contribution in [0.25, 0.3) is 21.5 Å². The van der Waals surface area contributed by atoms with Gasteiger partial charge in [-0.15, -0.1) is 11.3 Å². The topological polar surface area (TPSA) is 82.7 Å². The SMILES string of the molecule is O=C(N[C@H]1CNC[C@@H]1c1ccccc1)[C@H]1CCc2[nH]nc(-c3ccc4ncsc4c3)c2C1. The van der Waals surface area contributed by atoms with Crippen LogP contribution in [-0.4, -0.2) is 40.2 Å². The molecule has 2 aromatic carbocycles. The number of nitrogens with zero attached hydrogens (tertiary/aromatic N) is 2. The smallest absolute Gasteiger partial charge is 0.223 e. The summed E-state index contributed by atoms with van der Waals surface area (Å²) in [5.41, 5.74) is 8.57. The minimum absolute atomic E-state index is 0.0250. The van der Waals surface area contributed by atoms with Crippen LogP contribution < -0.4 is 10.6 Å². The van der Waals surface area contributed by atoms with Gasteiger partial charge >= 0.3 is 0 Å². The van der Waals surface area contributed by atoms with Crippen LogP contribution in [0.4, 0.5) is 0 Å². The number of aromatic nitrogens is 3. The van der Waals surface area contributed by atoms with Crippen LogP contribution in [0.2, 0.25) is 0 Å². The number of thiazole rings is 1. The number of hydrogen-bond acceptors (Lipinski definition) is 5. The van der Waals surface area contributed by atoms with E-state index in [-0.39, 0.29) is 17.9 Å². The summed E-state index contributed by atoms with van der Waals surface area (Å²) in [6, 6.07) is 16.9. The van der Waals surface area contributed by atoms with Gasteiger partial charge in [-0.3, -0.25) is 9.89 Å². The first kappa shape index (κ1) is 19.6. The number of aryl methyl sites for hydroxylation is 1. The number of fused-ring (bicyclic) bond motifs is 2. The quantitative estimate of drug-likeness (QED) is 0.450. The summed E-state index contributed by atoms with van der Waals surface area (Å²) >= 11 is 1.64. The summed E-state index contributed by atoms with van der Waals surface area (Å²) in [7, 11) is 0. The first-order chi connectivity index (χ1) is 15.8. The van der Waals surface area contributed by atoms with Crippen molar-refractivity contribution in [2.45, 2.75) is 31.2 Å². The Morgan fingerprint density at radius 1 is 1.12 bits per heavy atom. The predicted octanol–water partition coefficient (Wildman–Crippen LogP) is 3.66. The molecule has 32 heavy (non-hydrogen) atoms. The van der Waals surface area contributed by atoms with E-state index in [1.54, 1.807) is 11.3 Å². The molecule has 3 atom stereocenters. The minimum Gasteiger partial charge on any atom is -0.351 e. The molecule has 1 aliphatic carbocycles. The molecule has 3 heterocycles. The van der Waals surface area contributed by atoms with E-state index in [2.05, 4.69) is 62.2 Å². The van der Waals surface area contributed by atoms with Gasteiger partial charge in [0.1, 0.15) is 0 Å². The number of carbonyl (C=O) groups is 1. The monoisotopic (exact) mass is 443 g/mol. The van der Waals surface area contributed by atoms with Gasteiger partial charge in [-0.25, -0.2) is 4.98 Å². The molecule has 0 bridgehead atoms. The van der Waals surface area contributed by atoms with Crippen molar-refractivity contribution < 1.29 is 4.79 Å². The van der Waals surface area contributed by atoms with Crippen LogP contribution in [0.3, 0.4) is 0 Å². The molecular weight excluding hydrogens is 418 g/mol. The zero-order valence-corrected chi connectivity index (χ0v) is 18.5. The molecule has 1 saturated heterocycles. The van der Waals surface area contributed by atoms with Crippen molar-refractivity contribution in [3.05, 3.63) is 70.9 Å². The molecule has 6 nitrogen and oxygen atoms in total. The summed E-state index contributed by atoms with van der Waals surface area (Å²) in [6.45, 7) is 1.71. The van der Waals surface area contributed by atoms with E-state index in [1.807, 2.05) is 17.6 Å². The Hall–Kier alpha value is -3.03. The molecule has 0 radical (unpaired) electrons. The fraction of sp³-hybridized carbons (Fsp3) is 0.320. The van der Waals surface area contributed by atoms with E-state index in [0.29, 0.717) is 5.92 Å². The highest BCUT2D eigenvalue weighted by atomic mass is 32.1.